The van der Waals surface area contributed by atoms with Crippen LogP contribution in [0.1, 0.15) is 0 Å². The molecule has 0 aliphatic heterocycles. The minimum absolute atomic E-state index is 0.0981. The van der Waals surface area contributed by atoms with Crippen LogP contribution in [0.4, 0.5) is 17.1 Å². The number of para-hydroxylation sites is 1. The third kappa shape index (κ3) is 5.21. The van der Waals surface area contributed by atoms with Crippen molar-refractivity contribution in [1.29, 1.82) is 5.26 Å². The van der Waals surface area contributed by atoms with Crippen molar-refractivity contribution in [1.82, 2.24) is 0 Å². The lowest BCUT2D eigenvalue weighted by molar-refractivity contribution is -0.113. The monoisotopic (exact) mass is 297 g/mol. The van der Waals surface area contributed by atoms with E-state index in [1.165, 1.54) is 11.8 Å². The Kier molecular flexibility index (Phi) is 5.68. The van der Waals surface area contributed by atoms with Crippen LogP contribution in [-0.2, 0) is 4.79 Å². The standard InChI is InChI=1S/C16H15N3OS/c17-10-11-21-12-16(20)19-15-8-6-14(7-9-15)18-13-4-2-1-3-5-13/h1-9,18H,11-12H2,(H,19,20). The summed E-state index contributed by atoms with van der Waals surface area (Å²) in [5, 5.41) is 14.5. The summed E-state index contributed by atoms with van der Waals surface area (Å²) in [6.07, 6.45) is 0. The fourth-order valence-electron chi connectivity index (χ4n) is 1.71. The smallest absolute Gasteiger partial charge is 0.234 e. The summed E-state index contributed by atoms with van der Waals surface area (Å²) in [7, 11) is 0. The Morgan fingerprint density at radius 1 is 1.00 bits per heavy atom. The highest BCUT2D eigenvalue weighted by molar-refractivity contribution is 8.00. The molecule has 2 aromatic rings. The van der Waals surface area contributed by atoms with E-state index in [1.807, 2.05) is 60.7 Å². The lowest BCUT2D eigenvalue weighted by Crippen LogP contribution is -2.14. The number of benzene rings is 2. The van der Waals surface area contributed by atoms with Crippen LogP contribution in [-0.4, -0.2) is 17.4 Å². The summed E-state index contributed by atoms with van der Waals surface area (Å²) in [6.45, 7) is 0. The number of anilines is 3. The summed E-state index contributed by atoms with van der Waals surface area (Å²) >= 11 is 1.30. The third-order valence-corrected chi connectivity index (χ3v) is 3.43. The van der Waals surface area contributed by atoms with Crippen molar-refractivity contribution in [2.24, 2.45) is 0 Å². The van der Waals surface area contributed by atoms with E-state index in [1.54, 1.807) is 0 Å². The number of nitriles is 1. The lowest BCUT2D eigenvalue weighted by atomic mass is 10.2. The Bertz CT molecular complexity index is 620. The molecular weight excluding hydrogens is 282 g/mol. The molecule has 0 saturated heterocycles. The minimum Gasteiger partial charge on any atom is -0.356 e. The zero-order chi connectivity index (χ0) is 14.9. The van der Waals surface area contributed by atoms with Gasteiger partial charge in [0.25, 0.3) is 0 Å². The first-order valence-corrected chi connectivity index (χ1v) is 7.60. The number of thioether (sulfide) groups is 1. The van der Waals surface area contributed by atoms with Crippen LogP contribution in [0.25, 0.3) is 0 Å². The topological polar surface area (TPSA) is 64.9 Å². The number of hydrogen-bond donors (Lipinski definition) is 2. The Balaban J connectivity index is 1.87. The molecule has 0 atom stereocenters. The molecule has 0 aliphatic rings. The molecule has 1 amide bonds. The SMILES string of the molecule is N#CCSCC(=O)Nc1ccc(Nc2ccccc2)cc1. The van der Waals surface area contributed by atoms with Gasteiger partial charge in [-0.25, -0.2) is 0 Å². The summed E-state index contributed by atoms with van der Waals surface area (Å²) < 4.78 is 0. The maximum Gasteiger partial charge on any atom is 0.234 e. The molecule has 2 N–H and O–H groups in total. The molecule has 0 saturated carbocycles. The van der Waals surface area contributed by atoms with Gasteiger partial charge in [-0.05, 0) is 36.4 Å². The predicted molar refractivity (Wildman–Crippen MR) is 87.7 cm³/mol. The minimum atomic E-state index is -0.0981. The molecule has 106 valence electrons. The van der Waals surface area contributed by atoms with E-state index in [2.05, 4.69) is 10.6 Å². The number of carbonyl (C=O) groups excluding carboxylic acids is 1. The second-order valence-corrected chi connectivity index (χ2v) is 5.25. The molecule has 4 nitrogen and oxygen atoms in total. The van der Waals surface area contributed by atoms with Crippen LogP contribution in [0.5, 0.6) is 0 Å². The Morgan fingerprint density at radius 3 is 2.29 bits per heavy atom. The summed E-state index contributed by atoms with van der Waals surface area (Å²) in [5.41, 5.74) is 2.72. The molecule has 2 aromatic carbocycles. The predicted octanol–water partition coefficient (Wildman–Crippen LogP) is 3.63. The van der Waals surface area contributed by atoms with Gasteiger partial charge in [-0.15, -0.1) is 11.8 Å². The van der Waals surface area contributed by atoms with Gasteiger partial charge < -0.3 is 10.6 Å². The Hall–Kier alpha value is -2.45. The molecule has 21 heavy (non-hydrogen) atoms. The highest BCUT2D eigenvalue weighted by Gasteiger charge is 2.02. The van der Waals surface area contributed by atoms with Gasteiger partial charge in [0.1, 0.15) is 0 Å². The van der Waals surface area contributed by atoms with Gasteiger partial charge >= 0.3 is 0 Å². The van der Waals surface area contributed by atoms with Gasteiger partial charge in [-0.2, -0.15) is 5.26 Å². The highest BCUT2D eigenvalue weighted by Crippen LogP contribution is 2.18. The molecule has 0 fully saturated rings. The number of carbonyl (C=O) groups is 1. The molecule has 5 heteroatoms. The Labute approximate surface area is 128 Å². The molecule has 0 bridgehead atoms. The lowest BCUT2D eigenvalue weighted by Gasteiger charge is -2.08. The fraction of sp³-hybridized carbons (Fsp3) is 0.125. The van der Waals surface area contributed by atoms with Gasteiger partial charge in [0.05, 0.1) is 17.6 Å². The average Bonchev–Trinajstić information content (AvgIpc) is 2.51. The van der Waals surface area contributed by atoms with E-state index >= 15 is 0 Å². The van der Waals surface area contributed by atoms with Gasteiger partial charge in [0.15, 0.2) is 0 Å². The van der Waals surface area contributed by atoms with Gasteiger partial charge in [-0.1, -0.05) is 18.2 Å². The molecule has 0 aliphatic carbocycles. The van der Waals surface area contributed by atoms with Crippen LogP contribution >= 0.6 is 11.8 Å². The van der Waals surface area contributed by atoms with Gasteiger partial charge in [0, 0.05) is 17.1 Å². The summed E-state index contributed by atoms with van der Waals surface area (Å²) in [6, 6.07) is 19.4. The number of nitrogens with one attached hydrogen (secondary N) is 2. The maximum atomic E-state index is 11.6. The van der Waals surface area contributed by atoms with Crippen LogP contribution in [0, 0.1) is 11.3 Å². The quantitative estimate of drug-likeness (QED) is 0.799. The molecule has 0 heterocycles. The third-order valence-electron chi connectivity index (χ3n) is 2.63. The van der Waals surface area contributed by atoms with E-state index in [4.69, 9.17) is 5.26 Å². The number of nitrogens with zero attached hydrogens (tertiary/aromatic N) is 1. The molecule has 0 radical (unpaired) electrons. The molecular formula is C16H15N3OS. The summed E-state index contributed by atoms with van der Waals surface area (Å²) in [4.78, 5) is 11.6. The first-order chi connectivity index (χ1) is 10.3. The zero-order valence-electron chi connectivity index (χ0n) is 11.4. The van der Waals surface area contributed by atoms with Crippen molar-refractivity contribution in [2.45, 2.75) is 0 Å². The van der Waals surface area contributed by atoms with Gasteiger partial charge in [-0.3, -0.25) is 4.79 Å². The summed E-state index contributed by atoms with van der Waals surface area (Å²) in [5.74, 6) is 0.518. The fourth-order valence-corrected chi connectivity index (χ4v) is 2.16. The average molecular weight is 297 g/mol. The first kappa shape index (κ1) is 14.9. The van der Waals surface area contributed by atoms with Crippen LogP contribution in [0.15, 0.2) is 54.6 Å². The van der Waals surface area contributed by atoms with Crippen LogP contribution in [0.3, 0.4) is 0 Å². The number of amides is 1. The van der Waals surface area contributed by atoms with Crippen molar-refractivity contribution >= 4 is 34.7 Å². The Morgan fingerprint density at radius 2 is 1.62 bits per heavy atom. The van der Waals surface area contributed by atoms with Crippen molar-refractivity contribution in [3.63, 3.8) is 0 Å². The van der Waals surface area contributed by atoms with E-state index in [0.717, 1.165) is 17.1 Å². The number of rotatable bonds is 6. The van der Waals surface area contributed by atoms with Crippen molar-refractivity contribution < 1.29 is 4.79 Å². The second-order valence-electron chi connectivity index (χ2n) is 4.27. The first-order valence-electron chi connectivity index (χ1n) is 6.44. The van der Waals surface area contributed by atoms with Crippen LogP contribution < -0.4 is 10.6 Å². The zero-order valence-corrected chi connectivity index (χ0v) is 12.2. The largest absolute Gasteiger partial charge is 0.356 e. The van der Waals surface area contributed by atoms with E-state index < -0.39 is 0 Å². The van der Waals surface area contributed by atoms with Crippen LogP contribution in [0.2, 0.25) is 0 Å². The van der Waals surface area contributed by atoms with Crippen molar-refractivity contribution in [3.05, 3.63) is 54.6 Å². The van der Waals surface area contributed by atoms with E-state index in [-0.39, 0.29) is 11.7 Å². The number of hydrogen-bond acceptors (Lipinski definition) is 4. The van der Waals surface area contributed by atoms with Crippen molar-refractivity contribution in [2.75, 3.05) is 22.1 Å². The normalized spacial score (nSPS) is 9.67. The highest BCUT2D eigenvalue weighted by atomic mass is 32.2. The maximum absolute atomic E-state index is 11.6. The second kappa shape index (κ2) is 7.98. The van der Waals surface area contributed by atoms with E-state index in [9.17, 15) is 4.79 Å². The molecule has 0 unspecified atom stereocenters. The van der Waals surface area contributed by atoms with E-state index in [0.29, 0.717) is 5.75 Å². The van der Waals surface area contributed by atoms with Crippen molar-refractivity contribution in [3.8, 4) is 6.07 Å². The molecule has 2 rings (SSSR count). The molecule has 0 aromatic heterocycles. The van der Waals surface area contributed by atoms with Gasteiger partial charge in [0.2, 0.25) is 5.91 Å². The molecule has 0 spiro atoms.